The number of hydrogen-bond donors (Lipinski definition) is 1. The molecule has 1 amide bonds. The van der Waals surface area contributed by atoms with Gasteiger partial charge < -0.3 is 10.2 Å². The topological polar surface area (TPSA) is 32.3 Å². The zero-order chi connectivity index (χ0) is 14.8. The van der Waals surface area contributed by atoms with E-state index in [4.69, 9.17) is 11.6 Å². The van der Waals surface area contributed by atoms with Crippen LogP contribution in [0.25, 0.3) is 0 Å². The van der Waals surface area contributed by atoms with Gasteiger partial charge in [0.25, 0.3) is 5.91 Å². The lowest BCUT2D eigenvalue weighted by Gasteiger charge is -2.37. The number of nitrogens with zero attached hydrogens (tertiary/aromatic N) is 1. The highest BCUT2D eigenvalue weighted by Gasteiger charge is 2.31. The minimum Gasteiger partial charge on any atom is -0.361 e. The van der Waals surface area contributed by atoms with Crippen molar-refractivity contribution in [2.24, 2.45) is 0 Å². The fraction of sp³-hybridized carbons (Fsp3) is 0.118. The van der Waals surface area contributed by atoms with Crippen LogP contribution in [0.5, 0.6) is 0 Å². The Hall–Kier alpha value is -2.26. The van der Waals surface area contributed by atoms with Crippen molar-refractivity contribution in [1.29, 1.82) is 0 Å². The normalized spacial score (nSPS) is 17.1. The summed E-state index contributed by atoms with van der Waals surface area (Å²) in [7, 11) is 0. The fourth-order valence-corrected chi connectivity index (χ4v) is 2.76. The molecule has 1 atom stereocenters. The molecule has 2 aromatic rings. The predicted molar refractivity (Wildman–Crippen MR) is 85.5 cm³/mol. The molecule has 1 aliphatic rings. The smallest absolute Gasteiger partial charge is 0.258 e. The van der Waals surface area contributed by atoms with Crippen molar-refractivity contribution in [3.63, 3.8) is 0 Å². The predicted octanol–water partition coefficient (Wildman–Crippen LogP) is 4.09. The van der Waals surface area contributed by atoms with Gasteiger partial charge in [-0.2, -0.15) is 0 Å². The molecule has 0 saturated carbocycles. The van der Waals surface area contributed by atoms with Gasteiger partial charge in [0.2, 0.25) is 0 Å². The zero-order valence-electron chi connectivity index (χ0n) is 11.4. The third-order valence-electron chi connectivity index (χ3n) is 3.51. The summed E-state index contributed by atoms with van der Waals surface area (Å²) < 4.78 is 0. The molecule has 3 nitrogen and oxygen atoms in total. The largest absolute Gasteiger partial charge is 0.361 e. The summed E-state index contributed by atoms with van der Waals surface area (Å²) in [6.07, 6.45) is 1.48. The Morgan fingerprint density at radius 1 is 1.24 bits per heavy atom. The molecule has 3 rings (SSSR count). The quantitative estimate of drug-likeness (QED) is 0.866. The SMILES string of the molecule is C=CCN1C(=O)c2ccccc2NC1c1cccc(Cl)c1. The lowest BCUT2D eigenvalue weighted by Crippen LogP contribution is -2.42. The summed E-state index contributed by atoms with van der Waals surface area (Å²) in [6.45, 7) is 4.21. The molecule has 0 bridgehead atoms. The van der Waals surface area contributed by atoms with Crippen molar-refractivity contribution >= 4 is 23.2 Å². The zero-order valence-corrected chi connectivity index (χ0v) is 12.2. The van der Waals surface area contributed by atoms with Gasteiger partial charge in [-0.1, -0.05) is 41.9 Å². The Bertz CT molecular complexity index is 699. The second-order valence-electron chi connectivity index (χ2n) is 4.89. The molecule has 1 aliphatic heterocycles. The summed E-state index contributed by atoms with van der Waals surface area (Å²) in [4.78, 5) is 14.4. The first-order valence-electron chi connectivity index (χ1n) is 6.73. The maximum atomic E-state index is 12.7. The Labute approximate surface area is 128 Å². The van der Waals surface area contributed by atoms with E-state index < -0.39 is 0 Å². The number of rotatable bonds is 3. The van der Waals surface area contributed by atoms with Crippen LogP contribution in [0.15, 0.2) is 61.2 Å². The Morgan fingerprint density at radius 3 is 2.81 bits per heavy atom. The number of nitrogens with one attached hydrogen (secondary N) is 1. The minimum atomic E-state index is -0.246. The molecule has 106 valence electrons. The van der Waals surface area contributed by atoms with E-state index in [9.17, 15) is 4.79 Å². The van der Waals surface area contributed by atoms with Gasteiger partial charge in [0.1, 0.15) is 6.17 Å². The Balaban J connectivity index is 2.06. The van der Waals surface area contributed by atoms with Crippen LogP contribution in [0.1, 0.15) is 22.1 Å². The van der Waals surface area contributed by atoms with Crippen LogP contribution < -0.4 is 5.32 Å². The van der Waals surface area contributed by atoms with Crippen LogP contribution in [-0.2, 0) is 0 Å². The molecule has 4 heteroatoms. The molecule has 1 heterocycles. The molecular weight excluding hydrogens is 284 g/mol. The van der Waals surface area contributed by atoms with Crippen molar-refractivity contribution in [1.82, 2.24) is 4.90 Å². The molecule has 0 saturated heterocycles. The van der Waals surface area contributed by atoms with Crippen molar-refractivity contribution in [3.05, 3.63) is 77.3 Å². The van der Waals surface area contributed by atoms with Crippen molar-refractivity contribution in [2.45, 2.75) is 6.17 Å². The summed E-state index contributed by atoms with van der Waals surface area (Å²) in [6, 6.07) is 15.1. The first-order chi connectivity index (χ1) is 10.2. The monoisotopic (exact) mass is 298 g/mol. The van der Waals surface area contributed by atoms with E-state index in [2.05, 4.69) is 11.9 Å². The molecule has 2 aromatic carbocycles. The van der Waals surface area contributed by atoms with Gasteiger partial charge in [0, 0.05) is 17.3 Å². The van der Waals surface area contributed by atoms with E-state index in [1.165, 1.54) is 0 Å². The van der Waals surface area contributed by atoms with Crippen LogP contribution in [0, 0.1) is 0 Å². The second kappa shape index (κ2) is 5.62. The number of amides is 1. The maximum absolute atomic E-state index is 12.7. The molecule has 0 radical (unpaired) electrons. The van der Waals surface area contributed by atoms with E-state index in [1.54, 1.807) is 11.0 Å². The molecule has 21 heavy (non-hydrogen) atoms. The lowest BCUT2D eigenvalue weighted by atomic mass is 10.0. The van der Waals surface area contributed by atoms with E-state index in [-0.39, 0.29) is 12.1 Å². The fourth-order valence-electron chi connectivity index (χ4n) is 2.56. The maximum Gasteiger partial charge on any atom is 0.258 e. The number of fused-ring (bicyclic) bond motifs is 1. The third-order valence-corrected chi connectivity index (χ3v) is 3.75. The van der Waals surface area contributed by atoms with Gasteiger partial charge in [0.15, 0.2) is 0 Å². The summed E-state index contributed by atoms with van der Waals surface area (Å²) in [5, 5.41) is 4.06. The average Bonchev–Trinajstić information content (AvgIpc) is 2.50. The molecule has 0 aliphatic carbocycles. The molecule has 0 spiro atoms. The van der Waals surface area contributed by atoms with Gasteiger partial charge in [-0.15, -0.1) is 6.58 Å². The minimum absolute atomic E-state index is 0.00535. The van der Waals surface area contributed by atoms with Gasteiger partial charge in [-0.05, 0) is 29.8 Å². The molecule has 0 aromatic heterocycles. The number of para-hydroxylation sites is 1. The van der Waals surface area contributed by atoms with E-state index in [0.29, 0.717) is 17.1 Å². The first kappa shape index (κ1) is 13.7. The summed E-state index contributed by atoms with van der Waals surface area (Å²) >= 11 is 6.07. The molecular formula is C17H15ClN2O. The van der Waals surface area contributed by atoms with Crippen LogP contribution >= 0.6 is 11.6 Å². The first-order valence-corrected chi connectivity index (χ1v) is 7.11. The van der Waals surface area contributed by atoms with Crippen molar-refractivity contribution in [2.75, 3.05) is 11.9 Å². The summed E-state index contributed by atoms with van der Waals surface area (Å²) in [5.74, 6) is -0.00535. The number of halogens is 1. The van der Waals surface area contributed by atoms with Gasteiger partial charge in [-0.25, -0.2) is 0 Å². The van der Waals surface area contributed by atoms with E-state index in [0.717, 1.165) is 11.3 Å². The average molecular weight is 299 g/mol. The van der Waals surface area contributed by atoms with Crippen LogP contribution in [0.2, 0.25) is 5.02 Å². The Morgan fingerprint density at radius 2 is 2.05 bits per heavy atom. The van der Waals surface area contributed by atoms with Gasteiger partial charge in [0.05, 0.1) is 5.56 Å². The molecule has 1 N–H and O–H groups in total. The standard InChI is InChI=1S/C17H15ClN2O/c1-2-10-20-16(12-6-5-7-13(18)11-12)19-15-9-4-3-8-14(15)17(20)21/h2-9,11,16,19H,1,10H2. The van der Waals surface area contributed by atoms with Gasteiger partial charge in [-0.3, -0.25) is 4.79 Å². The van der Waals surface area contributed by atoms with E-state index in [1.807, 2.05) is 48.5 Å². The second-order valence-corrected chi connectivity index (χ2v) is 5.33. The van der Waals surface area contributed by atoms with Crippen molar-refractivity contribution < 1.29 is 4.79 Å². The number of hydrogen-bond acceptors (Lipinski definition) is 2. The number of carbonyl (C=O) groups is 1. The third kappa shape index (κ3) is 2.52. The number of anilines is 1. The van der Waals surface area contributed by atoms with Crippen LogP contribution in [0.4, 0.5) is 5.69 Å². The van der Waals surface area contributed by atoms with Crippen molar-refractivity contribution in [3.8, 4) is 0 Å². The highest BCUT2D eigenvalue weighted by Crippen LogP contribution is 2.33. The number of carbonyl (C=O) groups excluding carboxylic acids is 1. The highest BCUT2D eigenvalue weighted by molar-refractivity contribution is 6.30. The number of benzene rings is 2. The molecule has 0 fully saturated rings. The molecule has 1 unspecified atom stereocenters. The van der Waals surface area contributed by atoms with Crippen LogP contribution in [0.3, 0.4) is 0 Å². The highest BCUT2D eigenvalue weighted by atomic mass is 35.5. The van der Waals surface area contributed by atoms with Crippen LogP contribution in [-0.4, -0.2) is 17.4 Å². The lowest BCUT2D eigenvalue weighted by molar-refractivity contribution is 0.0707. The Kier molecular flexibility index (Phi) is 3.67. The van der Waals surface area contributed by atoms with Gasteiger partial charge >= 0.3 is 0 Å². The van der Waals surface area contributed by atoms with E-state index >= 15 is 0 Å². The summed E-state index contributed by atoms with van der Waals surface area (Å²) in [5.41, 5.74) is 2.47.